The van der Waals surface area contributed by atoms with Gasteiger partial charge in [0.1, 0.15) is 0 Å². The number of benzene rings is 1. The zero-order valence-electron chi connectivity index (χ0n) is 11.9. The van der Waals surface area contributed by atoms with E-state index in [4.69, 9.17) is 4.74 Å². The van der Waals surface area contributed by atoms with E-state index in [1.165, 1.54) is 10.3 Å². The van der Waals surface area contributed by atoms with Crippen LogP contribution in [0.1, 0.15) is 32.3 Å². The highest BCUT2D eigenvalue weighted by Gasteiger charge is 2.03. The number of nitrogens with one attached hydrogen (secondary N) is 1. The molecule has 0 fully saturated rings. The predicted molar refractivity (Wildman–Crippen MR) is 83.2 cm³/mol. The van der Waals surface area contributed by atoms with Gasteiger partial charge in [-0.05, 0) is 51.3 Å². The van der Waals surface area contributed by atoms with E-state index in [9.17, 15) is 0 Å². The Morgan fingerprint density at radius 2 is 2.16 bits per heavy atom. The summed E-state index contributed by atoms with van der Waals surface area (Å²) in [5.74, 6) is 0. The number of hydrogen-bond acceptors (Lipinski definition) is 4. The topological polar surface area (TPSA) is 34.2 Å². The fourth-order valence-corrected chi connectivity index (χ4v) is 2.84. The molecule has 0 atom stereocenters. The second-order valence-corrected chi connectivity index (χ2v) is 6.07. The Kier molecular flexibility index (Phi) is 5.16. The molecule has 0 bridgehead atoms. The van der Waals surface area contributed by atoms with Gasteiger partial charge in [0.15, 0.2) is 5.13 Å². The average Bonchev–Trinajstić information content (AvgIpc) is 2.75. The van der Waals surface area contributed by atoms with E-state index >= 15 is 0 Å². The van der Waals surface area contributed by atoms with Crippen LogP contribution in [0, 0.1) is 6.92 Å². The first-order chi connectivity index (χ1) is 9.15. The van der Waals surface area contributed by atoms with Crippen LogP contribution in [0.2, 0.25) is 0 Å². The average molecular weight is 278 g/mol. The number of fused-ring (bicyclic) bond motifs is 1. The van der Waals surface area contributed by atoms with Crippen LogP contribution in [0.15, 0.2) is 18.2 Å². The Morgan fingerprint density at radius 1 is 1.32 bits per heavy atom. The van der Waals surface area contributed by atoms with Crippen molar-refractivity contribution in [3.05, 3.63) is 23.8 Å². The van der Waals surface area contributed by atoms with Crippen LogP contribution in [-0.4, -0.2) is 24.2 Å². The zero-order chi connectivity index (χ0) is 13.7. The maximum absolute atomic E-state index is 5.51. The smallest absolute Gasteiger partial charge is 0.183 e. The van der Waals surface area contributed by atoms with Gasteiger partial charge in [-0.1, -0.05) is 17.4 Å². The first kappa shape index (κ1) is 14.3. The standard InChI is InChI=1S/C15H22N2OS/c1-11(2)18-9-5-4-8-16-15-17-13-7-6-12(3)10-14(13)19-15/h6-7,10-11H,4-5,8-9H2,1-3H3,(H,16,17). The number of aryl methyl sites for hydroxylation is 1. The number of unbranched alkanes of at least 4 members (excludes halogenated alkanes) is 1. The lowest BCUT2D eigenvalue weighted by atomic mass is 10.2. The van der Waals surface area contributed by atoms with Crippen LogP contribution in [0.25, 0.3) is 10.2 Å². The summed E-state index contributed by atoms with van der Waals surface area (Å²) in [5, 5.41) is 4.41. The molecular weight excluding hydrogens is 256 g/mol. The van der Waals surface area contributed by atoms with E-state index in [1.54, 1.807) is 11.3 Å². The van der Waals surface area contributed by atoms with E-state index < -0.39 is 0 Å². The highest BCUT2D eigenvalue weighted by molar-refractivity contribution is 7.22. The Bertz CT molecular complexity index is 522. The molecule has 0 amide bonds. The third-order valence-electron chi connectivity index (χ3n) is 2.84. The molecule has 19 heavy (non-hydrogen) atoms. The van der Waals surface area contributed by atoms with E-state index in [0.717, 1.165) is 36.6 Å². The summed E-state index contributed by atoms with van der Waals surface area (Å²) in [6.07, 6.45) is 2.54. The highest BCUT2D eigenvalue weighted by atomic mass is 32.1. The number of nitrogens with zero attached hydrogens (tertiary/aromatic N) is 1. The monoisotopic (exact) mass is 278 g/mol. The molecule has 0 unspecified atom stereocenters. The van der Waals surface area contributed by atoms with Crippen molar-refractivity contribution < 1.29 is 4.74 Å². The van der Waals surface area contributed by atoms with E-state index in [-0.39, 0.29) is 0 Å². The molecule has 2 rings (SSSR count). The third kappa shape index (κ3) is 4.48. The normalized spacial score (nSPS) is 11.4. The van der Waals surface area contributed by atoms with Crippen LogP contribution in [-0.2, 0) is 4.74 Å². The van der Waals surface area contributed by atoms with Gasteiger partial charge in [0.25, 0.3) is 0 Å². The first-order valence-electron chi connectivity index (χ1n) is 6.88. The quantitative estimate of drug-likeness (QED) is 0.770. The molecule has 0 aliphatic rings. The largest absolute Gasteiger partial charge is 0.379 e. The number of anilines is 1. The van der Waals surface area contributed by atoms with Crippen molar-refractivity contribution in [2.75, 3.05) is 18.5 Å². The minimum absolute atomic E-state index is 0.334. The maximum Gasteiger partial charge on any atom is 0.183 e. The number of rotatable bonds is 7. The summed E-state index contributed by atoms with van der Waals surface area (Å²) in [6, 6.07) is 6.38. The number of thiazole rings is 1. The lowest BCUT2D eigenvalue weighted by molar-refractivity contribution is 0.0765. The summed E-state index contributed by atoms with van der Waals surface area (Å²) < 4.78 is 6.77. The Balaban J connectivity index is 1.75. The number of aromatic nitrogens is 1. The molecule has 104 valence electrons. The van der Waals surface area contributed by atoms with Crippen LogP contribution in [0.4, 0.5) is 5.13 Å². The van der Waals surface area contributed by atoms with Gasteiger partial charge >= 0.3 is 0 Å². The van der Waals surface area contributed by atoms with E-state index in [0.29, 0.717) is 6.10 Å². The lowest BCUT2D eigenvalue weighted by Gasteiger charge is -2.07. The van der Waals surface area contributed by atoms with Gasteiger partial charge < -0.3 is 10.1 Å². The fourth-order valence-electron chi connectivity index (χ4n) is 1.85. The molecule has 1 aromatic carbocycles. The predicted octanol–water partition coefficient (Wildman–Crippen LogP) is 4.22. The van der Waals surface area contributed by atoms with Gasteiger partial charge in [-0.15, -0.1) is 0 Å². The molecule has 0 saturated carbocycles. The maximum atomic E-state index is 5.51. The lowest BCUT2D eigenvalue weighted by Crippen LogP contribution is -2.06. The number of hydrogen-bond donors (Lipinski definition) is 1. The summed E-state index contributed by atoms with van der Waals surface area (Å²) in [4.78, 5) is 4.58. The van der Waals surface area contributed by atoms with Crippen molar-refractivity contribution in [1.29, 1.82) is 0 Å². The van der Waals surface area contributed by atoms with E-state index in [1.807, 2.05) is 0 Å². The molecule has 0 aliphatic carbocycles. The molecule has 3 nitrogen and oxygen atoms in total. The zero-order valence-corrected chi connectivity index (χ0v) is 12.7. The van der Waals surface area contributed by atoms with Gasteiger partial charge in [0, 0.05) is 13.2 Å². The molecule has 0 radical (unpaired) electrons. The molecule has 0 saturated heterocycles. The molecule has 1 aromatic heterocycles. The van der Waals surface area contributed by atoms with Crippen LogP contribution in [0.3, 0.4) is 0 Å². The fraction of sp³-hybridized carbons (Fsp3) is 0.533. The van der Waals surface area contributed by atoms with Crippen LogP contribution >= 0.6 is 11.3 Å². The SMILES string of the molecule is Cc1ccc2nc(NCCCCOC(C)C)sc2c1. The van der Waals surface area contributed by atoms with Crippen molar-refractivity contribution >= 4 is 26.7 Å². The molecular formula is C15H22N2OS. The Labute approximate surface area is 119 Å². The number of ether oxygens (including phenoxy) is 1. The van der Waals surface area contributed by atoms with Gasteiger partial charge in [-0.3, -0.25) is 0 Å². The molecule has 2 aromatic rings. The van der Waals surface area contributed by atoms with Gasteiger partial charge in [0.2, 0.25) is 0 Å². The minimum atomic E-state index is 0.334. The minimum Gasteiger partial charge on any atom is -0.379 e. The second kappa shape index (κ2) is 6.87. The van der Waals surface area contributed by atoms with Crippen molar-refractivity contribution in [3.63, 3.8) is 0 Å². The van der Waals surface area contributed by atoms with E-state index in [2.05, 4.69) is 49.3 Å². The summed E-state index contributed by atoms with van der Waals surface area (Å²) in [5.41, 5.74) is 2.37. The summed E-state index contributed by atoms with van der Waals surface area (Å²) in [6.45, 7) is 8.06. The van der Waals surface area contributed by atoms with Crippen molar-refractivity contribution in [3.8, 4) is 0 Å². The molecule has 0 aliphatic heterocycles. The van der Waals surface area contributed by atoms with Crippen molar-refractivity contribution in [1.82, 2.24) is 4.98 Å². The van der Waals surface area contributed by atoms with Crippen LogP contribution in [0.5, 0.6) is 0 Å². The van der Waals surface area contributed by atoms with Crippen molar-refractivity contribution in [2.24, 2.45) is 0 Å². The molecule has 1 heterocycles. The van der Waals surface area contributed by atoms with Gasteiger partial charge in [-0.2, -0.15) is 0 Å². The van der Waals surface area contributed by atoms with Crippen LogP contribution < -0.4 is 5.32 Å². The first-order valence-corrected chi connectivity index (χ1v) is 7.69. The second-order valence-electron chi connectivity index (χ2n) is 5.04. The van der Waals surface area contributed by atoms with Gasteiger partial charge in [0.05, 0.1) is 16.3 Å². The highest BCUT2D eigenvalue weighted by Crippen LogP contribution is 2.26. The Hall–Kier alpha value is -1.13. The third-order valence-corrected chi connectivity index (χ3v) is 3.82. The van der Waals surface area contributed by atoms with Gasteiger partial charge in [-0.25, -0.2) is 4.98 Å². The Morgan fingerprint density at radius 3 is 2.95 bits per heavy atom. The summed E-state index contributed by atoms with van der Waals surface area (Å²) in [7, 11) is 0. The molecule has 1 N–H and O–H groups in total. The van der Waals surface area contributed by atoms with Crippen molar-refractivity contribution in [2.45, 2.75) is 39.7 Å². The molecule has 4 heteroatoms. The summed E-state index contributed by atoms with van der Waals surface area (Å²) >= 11 is 1.73. The molecule has 0 spiro atoms.